The first-order valence-corrected chi connectivity index (χ1v) is 13.1. The van der Waals surface area contributed by atoms with E-state index in [1.165, 1.54) is 36.8 Å². The molecule has 3 aromatic rings. The molecule has 192 valence electrons. The Morgan fingerprint density at radius 3 is 2.62 bits per heavy atom. The van der Waals surface area contributed by atoms with Crippen molar-refractivity contribution in [3.05, 3.63) is 58.7 Å². The summed E-state index contributed by atoms with van der Waals surface area (Å²) in [5, 5.41) is 22.8. The van der Waals surface area contributed by atoms with Gasteiger partial charge < -0.3 is 15.5 Å². The number of aromatic nitrogens is 4. The number of nitriles is 1. The van der Waals surface area contributed by atoms with Crippen molar-refractivity contribution in [1.82, 2.24) is 25.1 Å². The van der Waals surface area contributed by atoms with Crippen LogP contribution in [0.5, 0.6) is 0 Å². The van der Waals surface area contributed by atoms with Gasteiger partial charge in [-0.2, -0.15) is 10.4 Å². The molecule has 1 aromatic carbocycles. The number of benzene rings is 1. The fourth-order valence-corrected chi connectivity index (χ4v) is 5.68. The van der Waals surface area contributed by atoms with Gasteiger partial charge in [-0.05, 0) is 81.0 Å². The first-order valence-electron chi connectivity index (χ1n) is 13.1. The smallest absolute Gasteiger partial charge is 0.321 e. The summed E-state index contributed by atoms with van der Waals surface area (Å²) in [7, 11) is 0. The summed E-state index contributed by atoms with van der Waals surface area (Å²) < 4.78 is 0. The van der Waals surface area contributed by atoms with Gasteiger partial charge in [0.1, 0.15) is 29.2 Å². The van der Waals surface area contributed by atoms with Crippen molar-refractivity contribution >= 4 is 23.4 Å². The Kier molecular flexibility index (Phi) is 7.08. The molecular weight excluding hydrogens is 464 g/mol. The quantitative estimate of drug-likeness (QED) is 0.418. The van der Waals surface area contributed by atoms with Gasteiger partial charge in [0.15, 0.2) is 0 Å². The summed E-state index contributed by atoms with van der Waals surface area (Å²) in [6.07, 6.45) is 9.18. The molecule has 2 aromatic heterocycles. The van der Waals surface area contributed by atoms with E-state index >= 15 is 0 Å². The van der Waals surface area contributed by atoms with E-state index in [0.29, 0.717) is 28.6 Å². The predicted molar refractivity (Wildman–Crippen MR) is 143 cm³/mol. The van der Waals surface area contributed by atoms with Crippen molar-refractivity contribution in [2.75, 3.05) is 23.7 Å². The van der Waals surface area contributed by atoms with Crippen molar-refractivity contribution in [1.29, 1.82) is 5.26 Å². The van der Waals surface area contributed by atoms with E-state index in [0.717, 1.165) is 50.2 Å². The van der Waals surface area contributed by atoms with Crippen molar-refractivity contribution in [2.24, 2.45) is 5.41 Å². The Balaban J connectivity index is 1.16. The number of piperidine rings is 1. The molecule has 0 unspecified atom stereocenters. The zero-order valence-corrected chi connectivity index (χ0v) is 21.6. The Morgan fingerprint density at radius 1 is 1.08 bits per heavy atom. The first kappa shape index (κ1) is 24.8. The number of urea groups is 1. The lowest BCUT2D eigenvalue weighted by atomic mass is 9.77. The van der Waals surface area contributed by atoms with Crippen LogP contribution in [0.2, 0.25) is 0 Å². The maximum absolute atomic E-state index is 12.9. The summed E-state index contributed by atoms with van der Waals surface area (Å²) in [5.74, 6) is 1.78. The molecule has 5 rings (SSSR count). The number of H-pyrrole nitrogens is 1. The van der Waals surface area contributed by atoms with E-state index < -0.39 is 0 Å². The lowest BCUT2D eigenvalue weighted by Crippen LogP contribution is -2.44. The molecule has 3 N–H and O–H groups in total. The van der Waals surface area contributed by atoms with E-state index in [2.05, 4.69) is 49.9 Å². The number of likely N-dealkylation sites (tertiary alicyclic amines) is 1. The Hall–Kier alpha value is -3.93. The SMILES string of the molecule is Cc1nc(C#N)cc(Nc2cc(CCc3cc(NC(=O)N4CCC5(CCCC5)CC4)ccc3C)n[nH]2)n1. The number of rotatable bonds is 6. The highest BCUT2D eigenvalue weighted by atomic mass is 16.2. The van der Waals surface area contributed by atoms with E-state index in [-0.39, 0.29) is 6.03 Å². The maximum atomic E-state index is 12.9. The van der Waals surface area contributed by atoms with Crippen LogP contribution < -0.4 is 10.6 Å². The molecule has 0 bridgehead atoms. The normalized spacial score (nSPS) is 16.5. The summed E-state index contributed by atoms with van der Waals surface area (Å²) in [4.78, 5) is 23.3. The Labute approximate surface area is 217 Å². The minimum absolute atomic E-state index is 0.00480. The Bertz CT molecular complexity index is 1310. The molecule has 1 saturated heterocycles. The van der Waals surface area contributed by atoms with Crippen LogP contribution in [0.1, 0.15) is 66.9 Å². The third-order valence-electron chi connectivity index (χ3n) is 7.87. The van der Waals surface area contributed by atoms with Crippen LogP contribution in [0.3, 0.4) is 0 Å². The standard InChI is InChI=1S/C28H34N8O/c1-19-5-7-22(32-27(37)36-13-11-28(12-14-36)9-3-4-10-28)15-21(19)6-8-23-16-26(35-34-23)33-25-17-24(18-29)30-20(2)31-25/h5,7,15-17H,3-4,6,8-14H2,1-2H3,(H,32,37)(H2,30,31,33,34,35). The molecule has 9 heteroatoms. The fourth-order valence-electron chi connectivity index (χ4n) is 5.68. The highest BCUT2D eigenvalue weighted by molar-refractivity contribution is 5.89. The molecule has 1 saturated carbocycles. The second-order valence-electron chi connectivity index (χ2n) is 10.5. The van der Waals surface area contributed by atoms with Crippen LogP contribution in [0.15, 0.2) is 30.3 Å². The van der Waals surface area contributed by atoms with Gasteiger partial charge in [-0.1, -0.05) is 18.9 Å². The zero-order chi connectivity index (χ0) is 25.8. The van der Waals surface area contributed by atoms with Crippen LogP contribution in [0, 0.1) is 30.6 Å². The van der Waals surface area contributed by atoms with E-state index in [1.54, 1.807) is 13.0 Å². The van der Waals surface area contributed by atoms with Crippen molar-refractivity contribution in [2.45, 2.75) is 65.2 Å². The van der Waals surface area contributed by atoms with Crippen molar-refractivity contribution in [3.8, 4) is 6.07 Å². The lowest BCUT2D eigenvalue weighted by Gasteiger charge is -2.39. The molecule has 2 amide bonds. The van der Waals surface area contributed by atoms with Gasteiger partial charge in [0.05, 0.1) is 5.69 Å². The van der Waals surface area contributed by atoms with Gasteiger partial charge in [-0.3, -0.25) is 5.10 Å². The number of anilines is 3. The zero-order valence-electron chi connectivity index (χ0n) is 21.6. The topological polar surface area (TPSA) is 123 Å². The summed E-state index contributed by atoms with van der Waals surface area (Å²) in [6.45, 7) is 5.55. The number of amides is 2. The molecule has 1 aliphatic carbocycles. The monoisotopic (exact) mass is 498 g/mol. The highest BCUT2D eigenvalue weighted by Crippen LogP contribution is 2.46. The molecule has 2 fully saturated rings. The van der Waals surface area contributed by atoms with E-state index in [1.807, 2.05) is 23.1 Å². The highest BCUT2D eigenvalue weighted by Gasteiger charge is 2.37. The number of carbonyl (C=O) groups excluding carboxylic acids is 1. The minimum Gasteiger partial charge on any atom is -0.325 e. The average molecular weight is 499 g/mol. The van der Waals surface area contributed by atoms with Crippen molar-refractivity contribution < 1.29 is 4.79 Å². The van der Waals surface area contributed by atoms with E-state index in [9.17, 15) is 4.79 Å². The van der Waals surface area contributed by atoms with Gasteiger partial charge in [-0.15, -0.1) is 0 Å². The lowest BCUT2D eigenvalue weighted by molar-refractivity contribution is 0.127. The number of nitrogens with one attached hydrogen (secondary N) is 3. The van der Waals surface area contributed by atoms with Crippen LogP contribution in [-0.2, 0) is 12.8 Å². The second-order valence-corrected chi connectivity index (χ2v) is 10.5. The average Bonchev–Trinajstić information content (AvgIpc) is 3.54. The van der Waals surface area contributed by atoms with Crippen molar-refractivity contribution in [3.63, 3.8) is 0 Å². The summed E-state index contributed by atoms with van der Waals surface area (Å²) >= 11 is 0. The fraction of sp³-hybridized carbons (Fsp3) is 0.464. The predicted octanol–water partition coefficient (Wildman–Crippen LogP) is 5.41. The largest absolute Gasteiger partial charge is 0.325 e. The van der Waals surface area contributed by atoms with Gasteiger partial charge in [0, 0.05) is 30.9 Å². The van der Waals surface area contributed by atoms with Crippen LogP contribution in [0.4, 0.5) is 22.1 Å². The molecular formula is C28H34N8O. The molecule has 37 heavy (non-hydrogen) atoms. The number of aromatic amines is 1. The summed E-state index contributed by atoms with van der Waals surface area (Å²) in [6, 6.07) is 11.7. The number of carbonyl (C=O) groups is 1. The van der Waals surface area contributed by atoms with Gasteiger partial charge >= 0.3 is 6.03 Å². The van der Waals surface area contributed by atoms with Crippen LogP contribution in [0.25, 0.3) is 0 Å². The third-order valence-corrected chi connectivity index (χ3v) is 7.87. The molecule has 0 atom stereocenters. The number of nitrogens with zero attached hydrogens (tertiary/aromatic N) is 5. The van der Waals surface area contributed by atoms with Crippen LogP contribution in [-0.4, -0.2) is 44.2 Å². The van der Waals surface area contributed by atoms with Gasteiger partial charge in [-0.25, -0.2) is 14.8 Å². The molecule has 1 aliphatic heterocycles. The maximum Gasteiger partial charge on any atom is 0.321 e. The number of hydrogen-bond acceptors (Lipinski definition) is 6. The molecule has 1 spiro atoms. The second kappa shape index (κ2) is 10.6. The first-order chi connectivity index (χ1) is 17.9. The molecule has 0 radical (unpaired) electrons. The molecule has 2 aliphatic rings. The van der Waals surface area contributed by atoms with Crippen LogP contribution >= 0.6 is 0 Å². The number of hydrogen-bond donors (Lipinski definition) is 3. The van der Waals surface area contributed by atoms with E-state index in [4.69, 9.17) is 5.26 Å². The summed E-state index contributed by atoms with van der Waals surface area (Å²) in [5.41, 5.74) is 4.94. The van der Waals surface area contributed by atoms with Gasteiger partial charge in [0.2, 0.25) is 0 Å². The van der Waals surface area contributed by atoms with Gasteiger partial charge in [0.25, 0.3) is 0 Å². The number of aryl methyl sites for hydroxylation is 4. The minimum atomic E-state index is 0.00480. The molecule has 9 nitrogen and oxygen atoms in total. The molecule has 3 heterocycles. The third kappa shape index (κ3) is 5.91. The Morgan fingerprint density at radius 2 is 1.86 bits per heavy atom.